The van der Waals surface area contributed by atoms with Gasteiger partial charge in [-0.2, -0.15) is 0 Å². The molecule has 0 saturated heterocycles. The third-order valence-corrected chi connectivity index (χ3v) is 7.89. The van der Waals surface area contributed by atoms with E-state index in [0.717, 1.165) is 33.2 Å². The molecular formula is C34H20N4. The molecule has 9 aromatic rings. The van der Waals surface area contributed by atoms with Gasteiger partial charge in [0.15, 0.2) is 0 Å². The van der Waals surface area contributed by atoms with Gasteiger partial charge >= 0.3 is 0 Å². The summed E-state index contributed by atoms with van der Waals surface area (Å²) in [4.78, 5) is 10.4. The molecule has 4 nitrogen and oxygen atoms in total. The molecule has 4 heterocycles. The molecule has 9 rings (SSSR count). The van der Waals surface area contributed by atoms with Crippen LogP contribution in [0.4, 0.5) is 0 Å². The molecule has 0 radical (unpaired) electrons. The number of hydrogen-bond donors (Lipinski definition) is 0. The van der Waals surface area contributed by atoms with Crippen molar-refractivity contribution in [3.8, 4) is 17.2 Å². The average Bonchev–Trinajstić information content (AvgIpc) is 3.53. The Morgan fingerprint density at radius 1 is 0.500 bits per heavy atom. The van der Waals surface area contributed by atoms with E-state index in [9.17, 15) is 0 Å². The van der Waals surface area contributed by atoms with Crippen LogP contribution in [-0.4, -0.2) is 18.9 Å². The highest BCUT2D eigenvalue weighted by Gasteiger charge is 2.21. The fraction of sp³-hybridized carbons (Fsp3) is 0. The number of aromatic nitrogens is 4. The van der Waals surface area contributed by atoms with Crippen LogP contribution < -0.4 is 0 Å². The Kier molecular flexibility index (Phi) is 3.76. The Bertz CT molecular complexity index is 2320. The maximum Gasteiger partial charge on any atom is 0.235 e. The van der Waals surface area contributed by atoms with Crippen LogP contribution in [0.2, 0.25) is 0 Å². The quantitative estimate of drug-likeness (QED) is 0.247. The van der Waals surface area contributed by atoms with E-state index in [2.05, 4.69) is 118 Å². The van der Waals surface area contributed by atoms with Crippen molar-refractivity contribution in [1.29, 1.82) is 0 Å². The minimum Gasteiger partial charge on any atom is -0.315 e. The predicted molar refractivity (Wildman–Crippen MR) is 156 cm³/mol. The first kappa shape index (κ1) is 19.9. The van der Waals surface area contributed by atoms with Gasteiger partial charge in [-0.25, -0.2) is 9.97 Å². The maximum absolute atomic E-state index is 5.24. The summed E-state index contributed by atoms with van der Waals surface area (Å²) in [5, 5.41) is 7.26. The van der Waals surface area contributed by atoms with Gasteiger partial charge < -0.3 is 4.40 Å². The minimum absolute atomic E-state index is 0.684. The van der Waals surface area contributed by atoms with E-state index in [1.165, 1.54) is 38.0 Å². The molecule has 0 aliphatic carbocycles. The van der Waals surface area contributed by atoms with Crippen molar-refractivity contribution in [2.24, 2.45) is 0 Å². The second kappa shape index (κ2) is 7.17. The lowest BCUT2D eigenvalue weighted by molar-refractivity contribution is 1.01. The average molecular weight is 485 g/mol. The van der Waals surface area contributed by atoms with Gasteiger partial charge in [0.25, 0.3) is 0 Å². The molecule has 176 valence electrons. The fourth-order valence-electron chi connectivity index (χ4n) is 6.32. The summed E-state index contributed by atoms with van der Waals surface area (Å²) in [6.07, 6.45) is 2.19. The Morgan fingerprint density at radius 3 is 2.13 bits per heavy atom. The summed E-state index contributed by atoms with van der Waals surface area (Å²) in [6.45, 7) is 0. The smallest absolute Gasteiger partial charge is 0.235 e. The van der Waals surface area contributed by atoms with E-state index in [1.807, 2.05) is 12.1 Å². The van der Waals surface area contributed by atoms with Crippen molar-refractivity contribution >= 4 is 59.9 Å². The lowest BCUT2D eigenvalue weighted by Gasteiger charge is -2.12. The van der Waals surface area contributed by atoms with Crippen LogP contribution in [0, 0.1) is 0 Å². The van der Waals surface area contributed by atoms with Gasteiger partial charge in [-0.1, -0.05) is 84.9 Å². The number of benzene rings is 5. The molecule has 0 spiro atoms. The van der Waals surface area contributed by atoms with E-state index in [0.29, 0.717) is 5.95 Å². The Labute approximate surface area is 217 Å². The number of para-hydroxylation sites is 2. The normalized spacial score (nSPS) is 12.2. The van der Waals surface area contributed by atoms with Crippen LogP contribution in [0.3, 0.4) is 0 Å². The highest BCUT2D eigenvalue weighted by atomic mass is 15.2. The summed E-state index contributed by atoms with van der Waals surface area (Å²) < 4.78 is 4.58. The highest BCUT2D eigenvalue weighted by Crippen LogP contribution is 2.41. The van der Waals surface area contributed by atoms with Crippen LogP contribution >= 0.6 is 0 Å². The van der Waals surface area contributed by atoms with Crippen molar-refractivity contribution in [3.05, 3.63) is 121 Å². The molecule has 4 aromatic heterocycles. The van der Waals surface area contributed by atoms with Gasteiger partial charge in [0.05, 0.1) is 33.3 Å². The molecule has 0 saturated carbocycles. The number of nitrogens with zero attached hydrogens (tertiary/aromatic N) is 4. The van der Waals surface area contributed by atoms with Crippen LogP contribution in [0.1, 0.15) is 0 Å². The molecule has 5 aromatic carbocycles. The lowest BCUT2D eigenvalue weighted by Crippen LogP contribution is -2.03. The monoisotopic (exact) mass is 484 g/mol. The minimum atomic E-state index is 0.684. The summed E-state index contributed by atoms with van der Waals surface area (Å²) in [7, 11) is 0. The van der Waals surface area contributed by atoms with Gasteiger partial charge in [0.1, 0.15) is 0 Å². The van der Waals surface area contributed by atoms with Crippen LogP contribution in [-0.2, 0) is 0 Å². The van der Waals surface area contributed by atoms with E-state index in [4.69, 9.17) is 9.97 Å². The molecule has 0 atom stereocenters. The zero-order valence-electron chi connectivity index (χ0n) is 20.3. The zero-order chi connectivity index (χ0) is 24.8. The summed E-state index contributed by atoms with van der Waals surface area (Å²) >= 11 is 0. The van der Waals surface area contributed by atoms with E-state index in [-0.39, 0.29) is 0 Å². The number of rotatable bonds is 2. The van der Waals surface area contributed by atoms with Crippen molar-refractivity contribution in [3.63, 3.8) is 0 Å². The molecule has 38 heavy (non-hydrogen) atoms. The second-order valence-corrected chi connectivity index (χ2v) is 9.89. The van der Waals surface area contributed by atoms with Crippen LogP contribution in [0.15, 0.2) is 121 Å². The largest absolute Gasteiger partial charge is 0.315 e. The maximum atomic E-state index is 5.24. The molecule has 0 aliphatic rings. The topological polar surface area (TPSA) is 35.1 Å². The second-order valence-electron chi connectivity index (χ2n) is 9.89. The molecule has 0 N–H and O–H groups in total. The SMILES string of the molecule is c1ccc(-c2nc(-n3c4cccc5c6cccc7ccn(c8cccc3c8c54)c76)nc3ccccc23)cc1. The fourth-order valence-corrected chi connectivity index (χ4v) is 6.32. The third kappa shape index (κ3) is 2.49. The Balaban J connectivity index is 1.51. The molecular weight excluding hydrogens is 464 g/mol. The first-order valence-corrected chi connectivity index (χ1v) is 12.9. The Morgan fingerprint density at radius 2 is 1.21 bits per heavy atom. The molecule has 0 bridgehead atoms. The lowest BCUT2D eigenvalue weighted by atomic mass is 10.0. The number of fused-ring (bicyclic) bond motifs is 3. The van der Waals surface area contributed by atoms with E-state index < -0.39 is 0 Å². The van der Waals surface area contributed by atoms with E-state index >= 15 is 0 Å². The van der Waals surface area contributed by atoms with E-state index in [1.54, 1.807) is 0 Å². The first-order chi connectivity index (χ1) is 18.9. The van der Waals surface area contributed by atoms with Crippen LogP contribution in [0.5, 0.6) is 0 Å². The van der Waals surface area contributed by atoms with Gasteiger partial charge in [0, 0.05) is 38.7 Å². The van der Waals surface area contributed by atoms with Gasteiger partial charge in [-0.05, 0) is 35.7 Å². The highest BCUT2D eigenvalue weighted by molar-refractivity contribution is 6.28. The van der Waals surface area contributed by atoms with Gasteiger partial charge in [0.2, 0.25) is 5.95 Å². The van der Waals surface area contributed by atoms with Crippen LogP contribution in [0.25, 0.3) is 77.1 Å². The standard InChI is InChI=1S/C34H20N4/c1-2-9-21(10-3-1)32-25-12-4-5-15-26(25)35-34(36-32)38-28-17-7-13-23-24-14-6-11-22-19-20-37(33(22)24)27-16-8-18-29(38)31(27)30(23)28/h1-20H. The molecule has 0 aliphatic heterocycles. The third-order valence-electron chi connectivity index (χ3n) is 7.89. The van der Waals surface area contributed by atoms with Crippen molar-refractivity contribution in [2.45, 2.75) is 0 Å². The Hall–Kier alpha value is -5.22. The van der Waals surface area contributed by atoms with Gasteiger partial charge in [-0.3, -0.25) is 4.57 Å². The molecule has 4 heteroatoms. The van der Waals surface area contributed by atoms with Gasteiger partial charge in [-0.15, -0.1) is 0 Å². The summed E-state index contributed by atoms with van der Waals surface area (Å²) in [6, 6.07) is 40.6. The van der Waals surface area contributed by atoms with Crippen molar-refractivity contribution < 1.29 is 0 Å². The first-order valence-electron chi connectivity index (χ1n) is 12.9. The molecule has 0 fully saturated rings. The van der Waals surface area contributed by atoms with Crippen molar-refractivity contribution in [1.82, 2.24) is 18.9 Å². The molecule has 0 amide bonds. The zero-order valence-corrected chi connectivity index (χ0v) is 20.3. The molecule has 0 unspecified atom stereocenters. The summed E-state index contributed by atoms with van der Waals surface area (Å²) in [5.41, 5.74) is 7.61. The number of hydrogen-bond acceptors (Lipinski definition) is 2. The predicted octanol–water partition coefficient (Wildman–Crippen LogP) is 8.39. The summed E-state index contributed by atoms with van der Waals surface area (Å²) in [5.74, 6) is 0.684. The van der Waals surface area contributed by atoms with Crippen molar-refractivity contribution in [2.75, 3.05) is 0 Å².